The number of carboxylic acid groups (broad SMARTS) is 1. The molecular formula is C12H9F2N3O2. The Morgan fingerprint density at radius 3 is 2.79 bits per heavy atom. The minimum atomic E-state index is -1.17. The molecule has 0 aliphatic heterocycles. The molecule has 0 radical (unpaired) electrons. The third-order valence-corrected chi connectivity index (χ3v) is 2.39. The maximum Gasteiger partial charge on any atom is 0.341 e. The first-order valence-electron chi connectivity index (χ1n) is 5.29. The van der Waals surface area contributed by atoms with E-state index >= 15 is 0 Å². The van der Waals surface area contributed by atoms with Crippen LogP contribution in [0, 0.1) is 11.6 Å². The van der Waals surface area contributed by atoms with Crippen LogP contribution in [0.5, 0.6) is 0 Å². The molecule has 0 atom stereocenters. The largest absolute Gasteiger partial charge is 0.477 e. The molecule has 2 N–H and O–H groups in total. The maximum absolute atomic E-state index is 13.0. The topological polar surface area (TPSA) is 75.1 Å². The summed E-state index contributed by atoms with van der Waals surface area (Å²) in [6, 6.07) is 3.43. The van der Waals surface area contributed by atoms with Crippen molar-refractivity contribution >= 4 is 11.8 Å². The molecule has 0 spiro atoms. The summed E-state index contributed by atoms with van der Waals surface area (Å²) >= 11 is 0. The second kappa shape index (κ2) is 5.38. The van der Waals surface area contributed by atoms with Gasteiger partial charge in [-0.3, -0.25) is 0 Å². The van der Waals surface area contributed by atoms with Gasteiger partial charge in [0.05, 0.1) is 0 Å². The van der Waals surface area contributed by atoms with Crippen molar-refractivity contribution in [3.63, 3.8) is 0 Å². The van der Waals surface area contributed by atoms with Gasteiger partial charge in [-0.1, -0.05) is 6.07 Å². The van der Waals surface area contributed by atoms with Gasteiger partial charge < -0.3 is 10.4 Å². The van der Waals surface area contributed by atoms with E-state index in [1.165, 1.54) is 12.4 Å². The highest BCUT2D eigenvalue weighted by Gasteiger charge is 2.11. The average Bonchev–Trinajstić information content (AvgIpc) is 2.40. The molecule has 2 rings (SSSR count). The molecule has 1 aromatic carbocycles. The molecule has 0 saturated carbocycles. The number of nitrogens with zero attached hydrogens (tertiary/aromatic N) is 2. The average molecular weight is 265 g/mol. The van der Waals surface area contributed by atoms with Crippen LogP contribution in [0.15, 0.2) is 30.7 Å². The van der Waals surface area contributed by atoms with Crippen molar-refractivity contribution in [2.45, 2.75) is 6.54 Å². The summed E-state index contributed by atoms with van der Waals surface area (Å²) in [4.78, 5) is 18.3. The molecule has 0 bridgehead atoms. The highest BCUT2D eigenvalue weighted by Crippen LogP contribution is 2.13. The minimum absolute atomic E-state index is 0.0925. The van der Waals surface area contributed by atoms with Crippen LogP contribution < -0.4 is 5.32 Å². The molecule has 0 aliphatic carbocycles. The zero-order valence-corrected chi connectivity index (χ0v) is 9.60. The van der Waals surface area contributed by atoms with Gasteiger partial charge in [-0.25, -0.2) is 23.5 Å². The minimum Gasteiger partial charge on any atom is -0.477 e. The van der Waals surface area contributed by atoms with Gasteiger partial charge in [0.1, 0.15) is 17.7 Å². The van der Waals surface area contributed by atoms with Gasteiger partial charge in [-0.15, -0.1) is 0 Å². The number of rotatable bonds is 4. The van der Waals surface area contributed by atoms with E-state index in [9.17, 15) is 13.6 Å². The number of hydrogen-bond donors (Lipinski definition) is 2. The van der Waals surface area contributed by atoms with Crippen LogP contribution in [0.4, 0.5) is 14.6 Å². The molecule has 0 aliphatic rings. The van der Waals surface area contributed by atoms with Crippen molar-refractivity contribution in [2.24, 2.45) is 0 Å². The van der Waals surface area contributed by atoms with Crippen LogP contribution in [-0.4, -0.2) is 21.0 Å². The van der Waals surface area contributed by atoms with E-state index in [-0.39, 0.29) is 17.9 Å². The molecule has 98 valence electrons. The molecule has 19 heavy (non-hydrogen) atoms. The fourth-order valence-corrected chi connectivity index (χ4v) is 1.46. The van der Waals surface area contributed by atoms with E-state index in [1.54, 1.807) is 0 Å². The van der Waals surface area contributed by atoms with Crippen LogP contribution in [0.3, 0.4) is 0 Å². The Bertz CT molecular complexity index is 620. The van der Waals surface area contributed by atoms with Gasteiger partial charge >= 0.3 is 5.97 Å². The van der Waals surface area contributed by atoms with Crippen molar-refractivity contribution in [3.05, 3.63) is 53.5 Å². The summed E-state index contributed by atoms with van der Waals surface area (Å²) in [5, 5.41) is 11.7. The molecular weight excluding hydrogens is 256 g/mol. The highest BCUT2D eigenvalue weighted by molar-refractivity contribution is 5.92. The number of aromatic nitrogens is 2. The molecule has 7 heteroatoms. The lowest BCUT2D eigenvalue weighted by molar-refractivity contribution is 0.0697. The Morgan fingerprint density at radius 1 is 1.32 bits per heavy atom. The molecule has 5 nitrogen and oxygen atoms in total. The van der Waals surface area contributed by atoms with E-state index < -0.39 is 17.6 Å². The van der Waals surface area contributed by atoms with Gasteiger partial charge in [-0.2, -0.15) is 0 Å². The maximum atomic E-state index is 13.0. The first-order chi connectivity index (χ1) is 9.08. The Morgan fingerprint density at radius 2 is 2.11 bits per heavy atom. The van der Waals surface area contributed by atoms with Gasteiger partial charge in [-0.05, 0) is 17.7 Å². The zero-order valence-electron chi connectivity index (χ0n) is 9.60. The SMILES string of the molecule is O=C(O)c1cncnc1NCc1ccc(F)c(F)c1. The summed E-state index contributed by atoms with van der Waals surface area (Å²) in [5.41, 5.74) is 0.374. The lowest BCUT2D eigenvalue weighted by atomic mass is 10.2. The Labute approximate surface area is 106 Å². The van der Waals surface area contributed by atoms with Crippen LogP contribution in [0.2, 0.25) is 0 Å². The summed E-state index contributed by atoms with van der Waals surface area (Å²) in [6.07, 6.45) is 2.35. The van der Waals surface area contributed by atoms with Gasteiger partial charge in [0, 0.05) is 12.7 Å². The van der Waals surface area contributed by atoms with Crippen LogP contribution in [0.1, 0.15) is 15.9 Å². The summed E-state index contributed by atoms with van der Waals surface area (Å²) in [6.45, 7) is 0.120. The van der Waals surface area contributed by atoms with Crippen molar-refractivity contribution in [3.8, 4) is 0 Å². The van der Waals surface area contributed by atoms with Crippen molar-refractivity contribution in [1.82, 2.24) is 9.97 Å². The van der Waals surface area contributed by atoms with E-state index in [4.69, 9.17) is 5.11 Å². The Kier molecular flexibility index (Phi) is 3.65. The fraction of sp³-hybridized carbons (Fsp3) is 0.0833. The number of halogens is 2. The van der Waals surface area contributed by atoms with Gasteiger partial charge in [0.15, 0.2) is 11.6 Å². The predicted octanol–water partition coefficient (Wildman–Crippen LogP) is 2.07. The number of hydrogen-bond acceptors (Lipinski definition) is 4. The Balaban J connectivity index is 2.14. The third-order valence-electron chi connectivity index (χ3n) is 2.39. The lowest BCUT2D eigenvalue weighted by Crippen LogP contribution is -2.09. The van der Waals surface area contributed by atoms with Crippen molar-refractivity contribution in [1.29, 1.82) is 0 Å². The second-order valence-electron chi connectivity index (χ2n) is 3.69. The molecule has 0 amide bonds. The molecule has 1 aromatic heterocycles. The first-order valence-corrected chi connectivity index (χ1v) is 5.29. The summed E-state index contributed by atoms with van der Waals surface area (Å²) in [7, 11) is 0. The normalized spacial score (nSPS) is 10.2. The molecule has 0 unspecified atom stereocenters. The monoisotopic (exact) mass is 265 g/mol. The highest BCUT2D eigenvalue weighted by atomic mass is 19.2. The van der Waals surface area contributed by atoms with Crippen LogP contribution >= 0.6 is 0 Å². The lowest BCUT2D eigenvalue weighted by Gasteiger charge is -2.08. The Hall–Kier alpha value is -2.57. The smallest absolute Gasteiger partial charge is 0.341 e. The van der Waals surface area contributed by atoms with Crippen LogP contribution in [-0.2, 0) is 6.54 Å². The third kappa shape index (κ3) is 3.01. The second-order valence-corrected chi connectivity index (χ2v) is 3.69. The molecule has 2 aromatic rings. The number of nitrogens with one attached hydrogen (secondary N) is 1. The number of carboxylic acids is 1. The number of anilines is 1. The van der Waals surface area contributed by atoms with Crippen molar-refractivity contribution < 1.29 is 18.7 Å². The molecule has 0 saturated heterocycles. The van der Waals surface area contributed by atoms with E-state index in [0.29, 0.717) is 5.56 Å². The number of carbonyl (C=O) groups is 1. The first kappa shape index (κ1) is 12.9. The molecule has 0 fully saturated rings. The standard InChI is InChI=1S/C12H9F2N3O2/c13-9-2-1-7(3-10(9)14)4-16-11-8(12(18)19)5-15-6-17-11/h1-3,5-6H,4H2,(H,18,19)(H,15,16,17). The van der Waals surface area contributed by atoms with E-state index in [2.05, 4.69) is 15.3 Å². The van der Waals surface area contributed by atoms with Gasteiger partial charge in [0.25, 0.3) is 0 Å². The zero-order chi connectivity index (χ0) is 13.8. The number of aromatic carboxylic acids is 1. The molecule has 1 heterocycles. The number of benzene rings is 1. The van der Waals surface area contributed by atoms with Crippen LogP contribution in [0.25, 0.3) is 0 Å². The summed E-state index contributed by atoms with van der Waals surface area (Å²) < 4.78 is 25.7. The fourth-order valence-electron chi connectivity index (χ4n) is 1.46. The van der Waals surface area contributed by atoms with Gasteiger partial charge in [0.2, 0.25) is 0 Å². The van der Waals surface area contributed by atoms with E-state index in [1.807, 2.05) is 0 Å². The van der Waals surface area contributed by atoms with E-state index in [0.717, 1.165) is 18.3 Å². The quantitative estimate of drug-likeness (QED) is 0.885. The summed E-state index contributed by atoms with van der Waals surface area (Å²) in [5.74, 6) is -2.95. The van der Waals surface area contributed by atoms with Crippen molar-refractivity contribution in [2.75, 3.05) is 5.32 Å². The predicted molar refractivity (Wildman–Crippen MR) is 62.7 cm³/mol.